The molecule has 0 aliphatic carbocycles. The maximum atomic E-state index is 12.0. The van der Waals surface area contributed by atoms with E-state index in [4.69, 9.17) is 17.3 Å². The maximum absolute atomic E-state index is 12.0. The molecule has 0 aliphatic heterocycles. The lowest BCUT2D eigenvalue weighted by Crippen LogP contribution is -2.23. The van der Waals surface area contributed by atoms with Crippen molar-refractivity contribution in [3.8, 4) is 0 Å². The molecule has 0 saturated heterocycles. The number of nitrogens with one attached hydrogen (secondary N) is 2. The van der Waals surface area contributed by atoms with Crippen LogP contribution in [0.4, 0.5) is 17.1 Å². The van der Waals surface area contributed by atoms with Crippen molar-refractivity contribution < 1.29 is 4.79 Å². The second-order valence-corrected chi connectivity index (χ2v) is 4.74. The van der Waals surface area contributed by atoms with E-state index < -0.39 is 0 Å². The van der Waals surface area contributed by atoms with Crippen molar-refractivity contribution in [2.45, 2.75) is 6.92 Å². The zero-order valence-electron chi connectivity index (χ0n) is 11.1. The summed E-state index contributed by atoms with van der Waals surface area (Å²) in [6.45, 7) is 2.43. The van der Waals surface area contributed by atoms with Crippen LogP contribution >= 0.6 is 11.6 Å². The van der Waals surface area contributed by atoms with Gasteiger partial charge in [-0.15, -0.1) is 0 Å². The van der Waals surface area contributed by atoms with E-state index >= 15 is 0 Å². The van der Waals surface area contributed by atoms with E-state index in [-0.39, 0.29) is 5.91 Å². The highest BCUT2D eigenvalue weighted by Gasteiger charge is 2.11. The highest BCUT2D eigenvalue weighted by Crippen LogP contribution is 2.24. The van der Waals surface area contributed by atoms with Gasteiger partial charge in [-0.05, 0) is 43.3 Å². The number of hydrogen-bond acceptors (Lipinski definition) is 3. The second-order valence-electron chi connectivity index (χ2n) is 4.30. The van der Waals surface area contributed by atoms with E-state index in [0.717, 1.165) is 5.69 Å². The Morgan fingerprint density at radius 1 is 1.25 bits per heavy atom. The van der Waals surface area contributed by atoms with Gasteiger partial charge in [0.25, 0.3) is 5.91 Å². The molecule has 2 aromatic carbocycles. The van der Waals surface area contributed by atoms with Gasteiger partial charge in [0.2, 0.25) is 0 Å². The van der Waals surface area contributed by atoms with Gasteiger partial charge < -0.3 is 16.4 Å². The minimum Gasteiger partial charge on any atom is -0.399 e. The third-order valence-electron chi connectivity index (χ3n) is 2.73. The molecule has 0 heterocycles. The summed E-state index contributed by atoms with van der Waals surface area (Å²) in [5.41, 5.74) is 8.30. The first kappa shape index (κ1) is 14.2. The fraction of sp³-hybridized carbons (Fsp3) is 0.133. The standard InChI is InChI=1S/C15H16ClN3O/c1-2-18-15(20)13-9-11(17)6-7-14(13)19-12-5-3-4-10(16)8-12/h3-9,19H,2,17H2,1H3,(H,18,20). The highest BCUT2D eigenvalue weighted by molar-refractivity contribution is 6.30. The summed E-state index contributed by atoms with van der Waals surface area (Å²) in [7, 11) is 0. The lowest BCUT2D eigenvalue weighted by molar-refractivity contribution is 0.0956. The predicted molar refractivity (Wildman–Crippen MR) is 83.6 cm³/mol. The number of rotatable bonds is 4. The molecule has 0 aliphatic rings. The summed E-state index contributed by atoms with van der Waals surface area (Å²) < 4.78 is 0. The number of nitrogens with two attached hydrogens (primary N) is 1. The zero-order chi connectivity index (χ0) is 14.5. The normalized spacial score (nSPS) is 10.1. The predicted octanol–water partition coefficient (Wildman–Crippen LogP) is 3.42. The molecular weight excluding hydrogens is 274 g/mol. The van der Waals surface area contributed by atoms with Gasteiger partial charge in [-0.3, -0.25) is 4.79 Å². The van der Waals surface area contributed by atoms with E-state index in [0.29, 0.717) is 28.5 Å². The number of carbonyl (C=O) groups excluding carboxylic acids is 1. The van der Waals surface area contributed by atoms with Crippen LogP contribution in [-0.2, 0) is 0 Å². The smallest absolute Gasteiger partial charge is 0.253 e. The molecule has 0 atom stereocenters. The topological polar surface area (TPSA) is 67.2 Å². The van der Waals surface area contributed by atoms with Crippen molar-refractivity contribution in [1.82, 2.24) is 5.32 Å². The Kier molecular flexibility index (Phi) is 4.48. The number of hydrogen-bond donors (Lipinski definition) is 3. The molecule has 0 radical (unpaired) electrons. The molecule has 2 aromatic rings. The molecule has 1 amide bonds. The lowest BCUT2D eigenvalue weighted by atomic mass is 10.1. The van der Waals surface area contributed by atoms with Crippen LogP contribution in [0.15, 0.2) is 42.5 Å². The minimum atomic E-state index is -0.163. The van der Waals surface area contributed by atoms with Crippen LogP contribution in [0, 0.1) is 0 Å². The Morgan fingerprint density at radius 2 is 2.05 bits per heavy atom. The van der Waals surface area contributed by atoms with Crippen LogP contribution < -0.4 is 16.4 Å². The van der Waals surface area contributed by atoms with Gasteiger partial charge in [0.15, 0.2) is 0 Å². The molecule has 4 N–H and O–H groups in total. The molecule has 104 valence electrons. The van der Waals surface area contributed by atoms with Gasteiger partial charge in [-0.2, -0.15) is 0 Å². The van der Waals surface area contributed by atoms with Crippen LogP contribution in [0.3, 0.4) is 0 Å². The van der Waals surface area contributed by atoms with Crippen LogP contribution in [0.2, 0.25) is 5.02 Å². The van der Waals surface area contributed by atoms with Gasteiger partial charge in [0.05, 0.1) is 11.3 Å². The summed E-state index contributed by atoms with van der Waals surface area (Å²) in [6, 6.07) is 12.5. The van der Waals surface area contributed by atoms with E-state index in [2.05, 4.69) is 10.6 Å². The Balaban J connectivity index is 2.33. The van der Waals surface area contributed by atoms with E-state index in [1.807, 2.05) is 19.1 Å². The quantitative estimate of drug-likeness (QED) is 0.756. The second kappa shape index (κ2) is 6.30. The van der Waals surface area contributed by atoms with Crippen LogP contribution in [0.25, 0.3) is 0 Å². The zero-order valence-corrected chi connectivity index (χ0v) is 11.9. The van der Waals surface area contributed by atoms with Crippen molar-refractivity contribution in [1.29, 1.82) is 0 Å². The number of nitrogen functional groups attached to an aromatic ring is 1. The van der Waals surface area contributed by atoms with Gasteiger partial charge >= 0.3 is 0 Å². The van der Waals surface area contributed by atoms with E-state index in [1.165, 1.54) is 0 Å². The monoisotopic (exact) mass is 289 g/mol. The Bertz CT molecular complexity index is 628. The molecule has 2 rings (SSSR count). The molecular formula is C15H16ClN3O. The van der Waals surface area contributed by atoms with Crippen molar-refractivity contribution in [2.24, 2.45) is 0 Å². The third kappa shape index (κ3) is 3.42. The number of benzene rings is 2. The van der Waals surface area contributed by atoms with E-state index in [1.54, 1.807) is 30.3 Å². The van der Waals surface area contributed by atoms with Gasteiger partial charge in [0.1, 0.15) is 0 Å². The minimum absolute atomic E-state index is 0.163. The van der Waals surface area contributed by atoms with Gasteiger partial charge in [0, 0.05) is 22.9 Å². The van der Waals surface area contributed by atoms with Crippen molar-refractivity contribution in [3.63, 3.8) is 0 Å². The molecule has 0 unspecified atom stereocenters. The van der Waals surface area contributed by atoms with Crippen LogP contribution in [0.5, 0.6) is 0 Å². The lowest BCUT2D eigenvalue weighted by Gasteiger charge is -2.13. The number of anilines is 3. The number of amides is 1. The average Bonchev–Trinajstić information content (AvgIpc) is 2.41. The first-order valence-electron chi connectivity index (χ1n) is 6.30. The van der Waals surface area contributed by atoms with Gasteiger partial charge in [-0.25, -0.2) is 0 Å². The molecule has 0 spiro atoms. The first-order valence-corrected chi connectivity index (χ1v) is 6.68. The average molecular weight is 290 g/mol. The Hall–Kier alpha value is -2.20. The van der Waals surface area contributed by atoms with Crippen molar-refractivity contribution >= 4 is 34.6 Å². The number of halogens is 1. The van der Waals surface area contributed by atoms with Gasteiger partial charge in [-0.1, -0.05) is 17.7 Å². The largest absolute Gasteiger partial charge is 0.399 e. The summed E-state index contributed by atoms with van der Waals surface area (Å²) in [6.07, 6.45) is 0. The fourth-order valence-electron chi connectivity index (χ4n) is 1.84. The van der Waals surface area contributed by atoms with Crippen molar-refractivity contribution in [2.75, 3.05) is 17.6 Å². The third-order valence-corrected chi connectivity index (χ3v) is 2.96. The molecule has 4 nitrogen and oxygen atoms in total. The number of carbonyl (C=O) groups is 1. The summed E-state index contributed by atoms with van der Waals surface area (Å²) in [5.74, 6) is -0.163. The molecule has 20 heavy (non-hydrogen) atoms. The molecule has 0 saturated carbocycles. The van der Waals surface area contributed by atoms with Crippen molar-refractivity contribution in [3.05, 3.63) is 53.1 Å². The van der Waals surface area contributed by atoms with E-state index in [9.17, 15) is 4.79 Å². The molecule has 0 fully saturated rings. The maximum Gasteiger partial charge on any atom is 0.253 e. The SMILES string of the molecule is CCNC(=O)c1cc(N)ccc1Nc1cccc(Cl)c1. The summed E-state index contributed by atoms with van der Waals surface area (Å²) >= 11 is 5.95. The molecule has 0 bridgehead atoms. The highest BCUT2D eigenvalue weighted by atomic mass is 35.5. The Labute approximate surface area is 122 Å². The molecule has 5 heteroatoms. The fourth-order valence-corrected chi connectivity index (χ4v) is 2.03. The Morgan fingerprint density at radius 3 is 2.75 bits per heavy atom. The molecule has 0 aromatic heterocycles. The van der Waals surface area contributed by atoms with Crippen LogP contribution in [0.1, 0.15) is 17.3 Å². The first-order chi connectivity index (χ1) is 9.60. The summed E-state index contributed by atoms with van der Waals surface area (Å²) in [5, 5.41) is 6.57. The van der Waals surface area contributed by atoms with Crippen LogP contribution in [-0.4, -0.2) is 12.5 Å². The summed E-state index contributed by atoms with van der Waals surface area (Å²) in [4.78, 5) is 12.0.